The van der Waals surface area contributed by atoms with Gasteiger partial charge in [0, 0.05) is 12.6 Å². The number of hydrogen-bond acceptors (Lipinski definition) is 2. The predicted molar refractivity (Wildman–Crippen MR) is 74.1 cm³/mol. The van der Waals surface area contributed by atoms with Crippen molar-refractivity contribution in [3.8, 4) is 0 Å². The minimum Gasteiger partial charge on any atom is -0.389 e. The summed E-state index contributed by atoms with van der Waals surface area (Å²) in [5.74, 6) is 0.760. The van der Waals surface area contributed by atoms with Crippen molar-refractivity contribution in [3.05, 3.63) is 0 Å². The van der Waals surface area contributed by atoms with Crippen molar-refractivity contribution in [1.29, 1.82) is 0 Å². The molecule has 1 fully saturated rings. The van der Waals surface area contributed by atoms with E-state index in [4.69, 9.17) is 0 Å². The van der Waals surface area contributed by atoms with Gasteiger partial charge in [-0.2, -0.15) is 0 Å². The molecule has 0 aromatic rings. The average molecular weight is 241 g/mol. The average Bonchev–Trinajstić information content (AvgIpc) is 2.37. The molecule has 1 aliphatic rings. The maximum Gasteiger partial charge on any atom is 0.0771 e. The van der Waals surface area contributed by atoms with Gasteiger partial charge in [-0.15, -0.1) is 0 Å². The van der Waals surface area contributed by atoms with Gasteiger partial charge >= 0.3 is 0 Å². The normalized spacial score (nSPS) is 31.6. The standard InChI is InChI=1S/C15H31NO/c1-12(2)16-11-15(17)9-6-7-13(8-10-15)14(3,4)5/h12-13,16-17H,6-11H2,1-5H3. The number of aliphatic hydroxyl groups is 1. The zero-order valence-electron chi connectivity index (χ0n) is 12.3. The summed E-state index contributed by atoms with van der Waals surface area (Å²) in [6.07, 6.45) is 5.51. The summed E-state index contributed by atoms with van der Waals surface area (Å²) in [4.78, 5) is 0. The molecule has 0 aromatic heterocycles. The molecule has 2 nitrogen and oxygen atoms in total. The van der Waals surface area contributed by atoms with Crippen molar-refractivity contribution in [2.45, 2.75) is 78.4 Å². The zero-order chi connectivity index (χ0) is 13.1. The SMILES string of the molecule is CC(C)NCC1(O)CCCC(C(C)(C)C)CC1. The van der Waals surface area contributed by atoms with Crippen molar-refractivity contribution < 1.29 is 5.11 Å². The van der Waals surface area contributed by atoms with Gasteiger partial charge in [0.1, 0.15) is 0 Å². The number of nitrogens with one attached hydrogen (secondary N) is 1. The Morgan fingerprint density at radius 3 is 2.41 bits per heavy atom. The molecular weight excluding hydrogens is 210 g/mol. The van der Waals surface area contributed by atoms with Gasteiger partial charge in [0.05, 0.1) is 5.60 Å². The van der Waals surface area contributed by atoms with Crippen LogP contribution in [-0.4, -0.2) is 23.3 Å². The number of rotatable bonds is 3. The molecule has 102 valence electrons. The lowest BCUT2D eigenvalue weighted by Gasteiger charge is -2.31. The highest BCUT2D eigenvalue weighted by atomic mass is 16.3. The van der Waals surface area contributed by atoms with Crippen molar-refractivity contribution in [2.24, 2.45) is 11.3 Å². The maximum atomic E-state index is 10.6. The van der Waals surface area contributed by atoms with Gasteiger partial charge < -0.3 is 10.4 Å². The Bertz CT molecular complexity index is 232. The molecule has 0 amide bonds. The topological polar surface area (TPSA) is 32.3 Å². The molecule has 0 radical (unpaired) electrons. The van der Waals surface area contributed by atoms with E-state index in [1.807, 2.05) is 0 Å². The van der Waals surface area contributed by atoms with E-state index in [0.717, 1.165) is 31.7 Å². The van der Waals surface area contributed by atoms with E-state index >= 15 is 0 Å². The van der Waals surface area contributed by atoms with Gasteiger partial charge in [-0.05, 0) is 37.0 Å². The summed E-state index contributed by atoms with van der Waals surface area (Å²) in [5, 5.41) is 14.0. The molecule has 2 atom stereocenters. The van der Waals surface area contributed by atoms with E-state index in [0.29, 0.717) is 11.5 Å². The third-order valence-corrected chi connectivity index (χ3v) is 4.22. The largest absolute Gasteiger partial charge is 0.389 e. The first-order valence-corrected chi connectivity index (χ1v) is 7.19. The fourth-order valence-corrected chi connectivity index (χ4v) is 2.83. The Hall–Kier alpha value is -0.0800. The van der Waals surface area contributed by atoms with E-state index in [9.17, 15) is 5.11 Å². The van der Waals surface area contributed by atoms with Gasteiger partial charge in [-0.1, -0.05) is 41.0 Å². The van der Waals surface area contributed by atoms with Gasteiger partial charge in [-0.25, -0.2) is 0 Å². The van der Waals surface area contributed by atoms with Crippen LogP contribution in [0.1, 0.15) is 66.7 Å². The van der Waals surface area contributed by atoms with Crippen LogP contribution in [0.2, 0.25) is 0 Å². The lowest BCUT2D eigenvalue weighted by Crippen LogP contribution is -2.42. The van der Waals surface area contributed by atoms with E-state index in [1.165, 1.54) is 12.8 Å². The Labute approximate surface area is 107 Å². The summed E-state index contributed by atoms with van der Waals surface area (Å²) in [5.41, 5.74) is -0.0823. The highest BCUT2D eigenvalue weighted by molar-refractivity contribution is 4.88. The number of hydrogen-bond donors (Lipinski definition) is 2. The monoisotopic (exact) mass is 241 g/mol. The van der Waals surface area contributed by atoms with Crippen LogP contribution in [-0.2, 0) is 0 Å². The molecule has 0 saturated heterocycles. The second kappa shape index (κ2) is 5.71. The molecule has 17 heavy (non-hydrogen) atoms. The minimum atomic E-state index is -0.468. The van der Waals surface area contributed by atoms with E-state index in [-0.39, 0.29) is 0 Å². The van der Waals surface area contributed by atoms with Crippen LogP contribution >= 0.6 is 0 Å². The highest BCUT2D eigenvalue weighted by Gasteiger charge is 2.34. The smallest absolute Gasteiger partial charge is 0.0771 e. The predicted octanol–water partition coefficient (Wildman–Crippen LogP) is 3.34. The molecule has 0 aromatic carbocycles. The molecule has 0 bridgehead atoms. The first-order valence-electron chi connectivity index (χ1n) is 7.19. The van der Waals surface area contributed by atoms with Crippen LogP contribution in [0.4, 0.5) is 0 Å². The Morgan fingerprint density at radius 1 is 1.24 bits per heavy atom. The van der Waals surface area contributed by atoms with Crippen molar-refractivity contribution in [1.82, 2.24) is 5.32 Å². The summed E-state index contributed by atoms with van der Waals surface area (Å²) in [6.45, 7) is 12.0. The Balaban J connectivity index is 2.51. The summed E-state index contributed by atoms with van der Waals surface area (Å²) in [6, 6.07) is 0.459. The molecule has 1 rings (SSSR count). The molecule has 0 heterocycles. The van der Waals surface area contributed by atoms with E-state index in [1.54, 1.807) is 0 Å². The summed E-state index contributed by atoms with van der Waals surface area (Å²) in [7, 11) is 0. The molecule has 1 saturated carbocycles. The van der Waals surface area contributed by atoms with Gasteiger partial charge in [0.15, 0.2) is 0 Å². The molecule has 1 aliphatic carbocycles. The first-order chi connectivity index (χ1) is 7.73. The molecule has 2 N–H and O–H groups in total. The van der Waals surface area contributed by atoms with Gasteiger partial charge in [0.2, 0.25) is 0 Å². The summed E-state index contributed by atoms with van der Waals surface area (Å²) < 4.78 is 0. The molecule has 0 aliphatic heterocycles. The lowest BCUT2D eigenvalue weighted by atomic mass is 9.76. The van der Waals surface area contributed by atoms with Crippen LogP contribution in [0.25, 0.3) is 0 Å². The minimum absolute atomic E-state index is 0.386. The van der Waals surface area contributed by atoms with Crippen LogP contribution in [0, 0.1) is 11.3 Å². The molecule has 2 heteroatoms. The van der Waals surface area contributed by atoms with Crippen molar-refractivity contribution in [3.63, 3.8) is 0 Å². The van der Waals surface area contributed by atoms with Crippen LogP contribution in [0.15, 0.2) is 0 Å². The fraction of sp³-hybridized carbons (Fsp3) is 1.00. The second-order valence-corrected chi connectivity index (χ2v) is 7.25. The summed E-state index contributed by atoms with van der Waals surface area (Å²) >= 11 is 0. The Kier molecular flexibility index (Phi) is 5.03. The third kappa shape index (κ3) is 4.97. The van der Waals surface area contributed by atoms with E-state index < -0.39 is 5.60 Å². The fourth-order valence-electron chi connectivity index (χ4n) is 2.83. The van der Waals surface area contributed by atoms with Gasteiger partial charge in [-0.3, -0.25) is 0 Å². The molecule has 2 unspecified atom stereocenters. The highest BCUT2D eigenvalue weighted by Crippen LogP contribution is 2.39. The van der Waals surface area contributed by atoms with E-state index in [2.05, 4.69) is 39.9 Å². The van der Waals surface area contributed by atoms with Crippen molar-refractivity contribution >= 4 is 0 Å². The maximum absolute atomic E-state index is 10.6. The zero-order valence-corrected chi connectivity index (χ0v) is 12.3. The second-order valence-electron chi connectivity index (χ2n) is 7.25. The third-order valence-electron chi connectivity index (χ3n) is 4.22. The quantitative estimate of drug-likeness (QED) is 0.743. The van der Waals surface area contributed by atoms with Crippen molar-refractivity contribution in [2.75, 3.05) is 6.54 Å². The van der Waals surface area contributed by atoms with Crippen LogP contribution in [0.3, 0.4) is 0 Å². The van der Waals surface area contributed by atoms with Crippen LogP contribution < -0.4 is 5.32 Å². The van der Waals surface area contributed by atoms with Crippen LogP contribution in [0.5, 0.6) is 0 Å². The van der Waals surface area contributed by atoms with Gasteiger partial charge in [0.25, 0.3) is 0 Å². The molecule has 0 spiro atoms. The Morgan fingerprint density at radius 2 is 1.88 bits per heavy atom. The lowest BCUT2D eigenvalue weighted by molar-refractivity contribution is 0.0210. The first kappa shape index (κ1) is 15.0. The molecular formula is C15H31NO.